The summed E-state index contributed by atoms with van der Waals surface area (Å²) in [6.45, 7) is 3.06. The summed E-state index contributed by atoms with van der Waals surface area (Å²) in [4.78, 5) is 29.1. The summed E-state index contributed by atoms with van der Waals surface area (Å²) in [5.41, 5.74) is 1.12. The van der Waals surface area contributed by atoms with Crippen LogP contribution in [-0.2, 0) is 9.53 Å². The summed E-state index contributed by atoms with van der Waals surface area (Å²) in [7, 11) is 1.47. The van der Waals surface area contributed by atoms with Crippen molar-refractivity contribution in [1.29, 1.82) is 0 Å². The van der Waals surface area contributed by atoms with E-state index >= 15 is 0 Å². The number of hydrogen-bond acceptors (Lipinski definition) is 6. The van der Waals surface area contributed by atoms with Gasteiger partial charge in [0.15, 0.2) is 11.8 Å². The van der Waals surface area contributed by atoms with E-state index in [0.717, 1.165) is 5.56 Å². The molecule has 1 heterocycles. The monoisotopic (exact) mass is 414 g/mol. The van der Waals surface area contributed by atoms with Crippen LogP contribution < -0.4 is 10.1 Å². The highest BCUT2D eigenvalue weighted by Crippen LogP contribution is 2.28. The molecular formula is C21H19ClN2O5. The van der Waals surface area contributed by atoms with Gasteiger partial charge in [0.05, 0.1) is 12.8 Å². The minimum Gasteiger partial charge on any atom is -0.495 e. The van der Waals surface area contributed by atoms with Crippen LogP contribution in [0.3, 0.4) is 0 Å². The number of rotatable bonds is 6. The molecule has 29 heavy (non-hydrogen) atoms. The minimum absolute atomic E-state index is 0.0174. The Labute approximate surface area is 172 Å². The molecule has 0 aliphatic rings. The van der Waals surface area contributed by atoms with Crippen molar-refractivity contribution < 1.29 is 23.5 Å². The second-order valence-electron chi connectivity index (χ2n) is 6.17. The molecule has 1 amide bonds. The third-order valence-corrected chi connectivity index (χ3v) is 4.32. The number of esters is 1. The van der Waals surface area contributed by atoms with Crippen LogP contribution >= 0.6 is 11.6 Å². The molecule has 0 bridgehead atoms. The fourth-order valence-electron chi connectivity index (χ4n) is 2.57. The van der Waals surface area contributed by atoms with Crippen molar-refractivity contribution in [2.24, 2.45) is 0 Å². The molecule has 1 aromatic heterocycles. The summed E-state index contributed by atoms with van der Waals surface area (Å²) in [6.07, 6.45) is -1.08. The van der Waals surface area contributed by atoms with Gasteiger partial charge in [0, 0.05) is 10.6 Å². The quantitative estimate of drug-likeness (QED) is 0.597. The van der Waals surface area contributed by atoms with Gasteiger partial charge in [-0.1, -0.05) is 29.8 Å². The van der Waals surface area contributed by atoms with Crippen LogP contribution in [0.2, 0.25) is 5.02 Å². The van der Waals surface area contributed by atoms with Gasteiger partial charge in [-0.15, -0.1) is 0 Å². The Morgan fingerprint density at radius 3 is 2.59 bits per heavy atom. The maximum atomic E-state index is 12.5. The molecule has 3 rings (SSSR count). The lowest BCUT2D eigenvalue weighted by Gasteiger charge is -2.15. The van der Waals surface area contributed by atoms with Gasteiger partial charge >= 0.3 is 5.97 Å². The number of aromatic nitrogens is 1. The number of amides is 1. The van der Waals surface area contributed by atoms with Crippen molar-refractivity contribution in [2.45, 2.75) is 20.0 Å². The zero-order chi connectivity index (χ0) is 21.0. The molecule has 0 aliphatic carbocycles. The van der Waals surface area contributed by atoms with Crippen molar-refractivity contribution in [2.75, 3.05) is 12.4 Å². The van der Waals surface area contributed by atoms with Crippen molar-refractivity contribution in [1.82, 2.24) is 4.98 Å². The Kier molecular flexibility index (Phi) is 6.19. The largest absolute Gasteiger partial charge is 0.495 e. The van der Waals surface area contributed by atoms with Gasteiger partial charge in [-0.3, -0.25) is 4.79 Å². The first kappa shape index (κ1) is 20.4. The van der Waals surface area contributed by atoms with Gasteiger partial charge in [0.1, 0.15) is 11.5 Å². The van der Waals surface area contributed by atoms with E-state index in [1.165, 1.54) is 14.0 Å². The number of ether oxygens (including phenoxy) is 2. The SMILES string of the molecule is COc1ccc(Cl)cc1NC(=O)[C@@H](C)OC(=O)c1nc(-c2ccccc2)oc1C. The van der Waals surface area contributed by atoms with Crippen molar-refractivity contribution in [3.63, 3.8) is 0 Å². The van der Waals surface area contributed by atoms with Gasteiger partial charge in [0.2, 0.25) is 5.89 Å². The zero-order valence-electron chi connectivity index (χ0n) is 16.1. The van der Waals surface area contributed by atoms with Crippen LogP contribution in [0.5, 0.6) is 5.75 Å². The van der Waals surface area contributed by atoms with Crippen LogP contribution in [0.15, 0.2) is 52.9 Å². The van der Waals surface area contributed by atoms with Gasteiger partial charge in [-0.05, 0) is 44.2 Å². The number of halogens is 1. The number of nitrogens with zero attached hydrogens (tertiary/aromatic N) is 1. The first-order valence-corrected chi connectivity index (χ1v) is 9.15. The molecule has 1 N–H and O–H groups in total. The summed E-state index contributed by atoms with van der Waals surface area (Å²) in [5, 5.41) is 3.06. The Bertz CT molecular complexity index is 1030. The fourth-order valence-corrected chi connectivity index (χ4v) is 2.74. The number of nitrogens with one attached hydrogen (secondary N) is 1. The van der Waals surface area contributed by atoms with E-state index < -0.39 is 18.0 Å². The molecule has 3 aromatic rings. The number of methoxy groups -OCH3 is 1. The highest BCUT2D eigenvalue weighted by molar-refractivity contribution is 6.31. The Hall–Kier alpha value is -3.32. The molecule has 8 heteroatoms. The first-order chi connectivity index (χ1) is 13.9. The molecule has 0 spiro atoms. The lowest BCUT2D eigenvalue weighted by atomic mass is 10.2. The van der Waals surface area contributed by atoms with Crippen LogP contribution in [0.1, 0.15) is 23.2 Å². The second kappa shape index (κ2) is 8.79. The van der Waals surface area contributed by atoms with Gasteiger partial charge in [0.25, 0.3) is 5.91 Å². The highest BCUT2D eigenvalue weighted by atomic mass is 35.5. The highest BCUT2D eigenvalue weighted by Gasteiger charge is 2.25. The molecule has 0 fully saturated rings. The fraction of sp³-hybridized carbons (Fsp3) is 0.190. The first-order valence-electron chi connectivity index (χ1n) is 8.77. The van der Waals surface area contributed by atoms with E-state index in [4.69, 9.17) is 25.5 Å². The third-order valence-electron chi connectivity index (χ3n) is 4.08. The van der Waals surface area contributed by atoms with Gasteiger partial charge in [-0.2, -0.15) is 0 Å². The molecule has 2 aromatic carbocycles. The Balaban J connectivity index is 1.70. The number of carbonyl (C=O) groups excluding carboxylic acids is 2. The normalized spacial score (nSPS) is 11.6. The predicted molar refractivity (Wildman–Crippen MR) is 108 cm³/mol. The molecule has 0 saturated carbocycles. The average molecular weight is 415 g/mol. The molecular weight excluding hydrogens is 396 g/mol. The van der Waals surface area contributed by atoms with Gasteiger partial charge in [-0.25, -0.2) is 9.78 Å². The maximum absolute atomic E-state index is 12.5. The third kappa shape index (κ3) is 4.75. The molecule has 0 aliphatic heterocycles. The van der Waals surface area contributed by atoms with Crippen LogP contribution in [0.4, 0.5) is 5.69 Å². The number of oxazole rings is 1. The van der Waals surface area contributed by atoms with E-state index in [9.17, 15) is 9.59 Å². The number of benzene rings is 2. The molecule has 0 saturated heterocycles. The molecule has 150 valence electrons. The number of carbonyl (C=O) groups is 2. The van der Waals surface area contributed by atoms with Crippen LogP contribution in [0, 0.1) is 6.92 Å². The van der Waals surface area contributed by atoms with E-state index in [1.807, 2.05) is 30.3 Å². The predicted octanol–water partition coefficient (Wildman–Crippen LogP) is 4.50. The smallest absolute Gasteiger partial charge is 0.361 e. The average Bonchev–Trinajstić information content (AvgIpc) is 3.10. The lowest BCUT2D eigenvalue weighted by molar-refractivity contribution is -0.123. The van der Waals surface area contributed by atoms with E-state index in [2.05, 4.69) is 10.3 Å². The number of anilines is 1. The summed E-state index contributed by atoms with van der Waals surface area (Å²) >= 11 is 5.96. The Morgan fingerprint density at radius 1 is 1.17 bits per heavy atom. The molecule has 0 unspecified atom stereocenters. The van der Waals surface area contributed by atoms with Gasteiger partial charge < -0.3 is 19.2 Å². The lowest BCUT2D eigenvalue weighted by Crippen LogP contribution is -2.30. The molecule has 7 nitrogen and oxygen atoms in total. The van der Waals surface area contributed by atoms with Crippen LogP contribution in [0.25, 0.3) is 11.5 Å². The number of hydrogen-bond donors (Lipinski definition) is 1. The minimum atomic E-state index is -1.08. The van der Waals surface area contributed by atoms with Crippen molar-refractivity contribution >= 4 is 29.2 Å². The van der Waals surface area contributed by atoms with Crippen molar-refractivity contribution in [3.8, 4) is 17.2 Å². The molecule has 1 atom stereocenters. The van der Waals surface area contributed by atoms with Crippen LogP contribution in [-0.4, -0.2) is 30.1 Å². The van der Waals surface area contributed by atoms with E-state index in [1.54, 1.807) is 25.1 Å². The molecule has 0 radical (unpaired) electrons. The van der Waals surface area contributed by atoms with Crippen molar-refractivity contribution in [3.05, 3.63) is 65.0 Å². The number of aryl methyl sites for hydroxylation is 1. The summed E-state index contributed by atoms with van der Waals surface area (Å²) < 4.78 is 16.0. The Morgan fingerprint density at radius 2 is 1.90 bits per heavy atom. The maximum Gasteiger partial charge on any atom is 0.361 e. The topological polar surface area (TPSA) is 90.7 Å². The standard InChI is InChI=1S/C21H19ClN2O5/c1-12-18(24-20(28-12)14-7-5-4-6-8-14)21(26)29-13(2)19(25)23-16-11-15(22)9-10-17(16)27-3/h4-11,13H,1-3H3,(H,23,25)/t13-/m1/s1. The zero-order valence-corrected chi connectivity index (χ0v) is 16.8. The summed E-state index contributed by atoms with van der Waals surface area (Å²) in [6, 6.07) is 14.0. The van der Waals surface area contributed by atoms with E-state index in [-0.39, 0.29) is 5.69 Å². The second-order valence-corrected chi connectivity index (χ2v) is 6.61. The van der Waals surface area contributed by atoms with E-state index in [0.29, 0.717) is 28.1 Å². The summed E-state index contributed by atoms with van der Waals surface area (Å²) in [5.74, 6) is -0.257.